The number of nitrogens with one attached hydrogen (secondary N) is 3. The second-order valence-electron chi connectivity index (χ2n) is 6.84. The van der Waals surface area contributed by atoms with E-state index in [2.05, 4.69) is 15.6 Å². The van der Waals surface area contributed by atoms with Crippen LogP contribution in [-0.2, 0) is 10.0 Å². The summed E-state index contributed by atoms with van der Waals surface area (Å²) in [6.07, 6.45) is 0. The van der Waals surface area contributed by atoms with E-state index in [-0.39, 0.29) is 21.7 Å². The number of anilines is 1. The first-order valence-corrected chi connectivity index (χ1v) is 10.7. The van der Waals surface area contributed by atoms with Gasteiger partial charge in [-0.25, -0.2) is 12.8 Å². The molecule has 0 saturated carbocycles. The van der Waals surface area contributed by atoms with Crippen LogP contribution in [0.5, 0.6) is 0 Å². The summed E-state index contributed by atoms with van der Waals surface area (Å²) < 4.78 is 41.2. The van der Waals surface area contributed by atoms with Gasteiger partial charge in [-0.3, -0.25) is 25.2 Å². The Bertz CT molecular complexity index is 1240. The van der Waals surface area contributed by atoms with E-state index in [9.17, 15) is 22.4 Å². The normalized spacial score (nSPS) is 10.9. The number of aryl methyl sites for hydroxylation is 2. The van der Waals surface area contributed by atoms with Gasteiger partial charge in [0.05, 0.1) is 16.1 Å². The van der Waals surface area contributed by atoms with E-state index >= 15 is 0 Å². The maximum atomic E-state index is 13.0. The van der Waals surface area contributed by atoms with E-state index in [1.165, 1.54) is 24.3 Å². The number of benzene rings is 3. The van der Waals surface area contributed by atoms with Crippen LogP contribution >= 0.6 is 0 Å². The minimum absolute atomic E-state index is 0.00999. The molecule has 3 aromatic carbocycles. The molecule has 3 N–H and O–H groups in total. The highest BCUT2D eigenvalue weighted by molar-refractivity contribution is 7.92. The van der Waals surface area contributed by atoms with E-state index in [1.807, 2.05) is 0 Å². The van der Waals surface area contributed by atoms with Gasteiger partial charge < -0.3 is 0 Å². The largest absolute Gasteiger partial charge is 0.279 e. The Morgan fingerprint density at radius 3 is 2.19 bits per heavy atom. The molecule has 3 aromatic rings. The van der Waals surface area contributed by atoms with E-state index in [0.29, 0.717) is 5.56 Å². The van der Waals surface area contributed by atoms with Crippen molar-refractivity contribution in [2.75, 3.05) is 4.72 Å². The lowest BCUT2D eigenvalue weighted by Crippen LogP contribution is -2.41. The number of amides is 2. The van der Waals surface area contributed by atoms with Crippen LogP contribution < -0.4 is 15.6 Å². The van der Waals surface area contributed by atoms with E-state index < -0.39 is 27.7 Å². The number of hydrogen-bond acceptors (Lipinski definition) is 4. The van der Waals surface area contributed by atoms with Crippen LogP contribution in [0.2, 0.25) is 0 Å². The number of rotatable bonds is 5. The van der Waals surface area contributed by atoms with Crippen molar-refractivity contribution in [2.24, 2.45) is 0 Å². The zero-order chi connectivity index (χ0) is 22.6. The molecule has 0 fully saturated rings. The third kappa shape index (κ3) is 5.26. The zero-order valence-electron chi connectivity index (χ0n) is 16.8. The Morgan fingerprint density at radius 2 is 1.48 bits per heavy atom. The van der Waals surface area contributed by atoms with Crippen molar-refractivity contribution < 1.29 is 22.4 Å². The average molecular weight is 441 g/mol. The van der Waals surface area contributed by atoms with Gasteiger partial charge in [0, 0.05) is 5.56 Å². The summed E-state index contributed by atoms with van der Waals surface area (Å²) in [4.78, 5) is 24.8. The second kappa shape index (κ2) is 8.97. The molecule has 0 aliphatic heterocycles. The quantitative estimate of drug-likeness (QED) is 0.529. The lowest BCUT2D eigenvalue weighted by atomic mass is 10.2. The summed E-state index contributed by atoms with van der Waals surface area (Å²) in [6.45, 7) is 3.46. The fraction of sp³-hybridized carbons (Fsp3) is 0.0909. The van der Waals surface area contributed by atoms with Crippen LogP contribution in [0.4, 0.5) is 10.1 Å². The van der Waals surface area contributed by atoms with E-state index in [0.717, 1.165) is 17.7 Å². The Balaban J connectivity index is 1.78. The van der Waals surface area contributed by atoms with Crippen molar-refractivity contribution >= 4 is 27.5 Å². The summed E-state index contributed by atoms with van der Waals surface area (Å²) >= 11 is 0. The van der Waals surface area contributed by atoms with Crippen molar-refractivity contribution in [2.45, 2.75) is 18.7 Å². The predicted octanol–water partition coefficient (Wildman–Crippen LogP) is 3.32. The predicted molar refractivity (Wildman–Crippen MR) is 114 cm³/mol. The Kier molecular flexibility index (Phi) is 6.36. The summed E-state index contributed by atoms with van der Waals surface area (Å²) in [7, 11) is -3.95. The standard InChI is InChI=1S/C22H20FN3O4S/c1-14-7-8-15(2)20(13-14)31(29,30)26-19-6-4-3-5-18(19)22(28)25-24-21(27)16-9-11-17(23)12-10-16/h3-13,26H,1-2H3,(H,24,27)(H,25,28). The van der Waals surface area contributed by atoms with Gasteiger partial charge in [0.15, 0.2) is 0 Å². The molecule has 9 heteroatoms. The summed E-state index contributed by atoms with van der Waals surface area (Å²) in [5, 5.41) is 0. The number of carbonyl (C=O) groups excluding carboxylic acids is 2. The molecule has 0 spiro atoms. The SMILES string of the molecule is Cc1ccc(C)c(S(=O)(=O)Nc2ccccc2C(=O)NNC(=O)c2ccc(F)cc2)c1. The minimum atomic E-state index is -3.95. The van der Waals surface area contributed by atoms with E-state index in [1.54, 1.807) is 44.2 Å². The third-order valence-corrected chi connectivity index (χ3v) is 5.95. The van der Waals surface area contributed by atoms with Crippen LogP contribution in [0, 0.1) is 19.7 Å². The number of para-hydroxylation sites is 1. The van der Waals surface area contributed by atoms with Crippen LogP contribution in [0.25, 0.3) is 0 Å². The monoisotopic (exact) mass is 441 g/mol. The molecule has 0 aliphatic carbocycles. The fourth-order valence-electron chi connectivity index (χ4n) is 2.82. The maximum absolute atomic E-state index is 13.0. The number of hydrogen-bond donors (Lipinski definition) is 3. The second-order valence-corrected chi connectivity index (χ2v) is 8.49. The minimum Gasteiger partial charge on any atom is -0.279 e. The van der Waals surface area contributed by atoms with Gasteiger partial charge in [0.25, 0.3) is 21.8 Å². The van der Waals surface area contributed by atoms with Crippen molar-refractivity contribution in [1.29, 1.82) is 0 Å². The van der Waals surface area contributed by atoms with Crippen LogP contribution in [0.1, 0.15) is 31.8 Å². The van der Waals surface area contributed by atoms with Gasteiger partial charge in [-0.1, -0.05) is 24.3 Å². The number of sulfonamides is 1. The third-order valence-electron chi connectivity index (χ3n) is 4.45. The Morgan fingerprint density at radius 1 is 0.839 bits per heavy atom. The van der Waals surface area contributed by atoms with E-state index in [4.69, 9.17) is 0 Å². The fourth-order valence-corrected chi connectivity index (χ4v) is 4.23. The highest BCUT2D eigenvalue weighted by Crippen LogP contribution is 2.23. The lowest BCUT2D eigenvalue weighted by Gasteiger charge is -2.14. The van der Waals surface area contributed by atoms with Gasteiger partial charge in [0.1, 0.15) is 5.82 Å². The highest BCUT2D eigenvalue weighted by atomic mass is 32.2. The zero-order valence-corrected chi connectivity index (χ0v) is 17.6. The first kappa shape index (κ1) is 22.0. The van der Waals surface area contributed by atoms with Crippen LogP contribution in [-0.4, -0.2) is 20.2 Å². The molecular weight excluding hydrogens is 421 g/mol. The summed E-state index contributed by atoms with van der Waals surface area (Å²) in [5.74, 6) is -1.87. The molecular formula is C22H20FN3O4S. The molecule has 3 rings (SSSR count). The molecule has 0 atom stereocenters. The molecule has 0 aromatic heterocycles. The topological polar surface area (TPSA) is 104 Å². The molecule has 0 radical (unpaired) electrons. The first-order chi connectivity index (χ1) is 14.7. The van der Waals surface area contributed by atoms with Gasteiger partial charge in [0.2, 0.25) is 0 Å². The van der Waals surface area contributed by atoms with Gasteiger partial charge >= 0.3 is 0 Å². The molecule has 0 aliphatic rings. The lowest BCUT2D eigenvalue weighted by molar-refractivity contribution is 0.0847. The molecule has 0 heterocycles. The summed E-state index contributed by atoms with van der Waals surface area (Å²) in [5.41, 5.74) is 5.99. The van der Waals surface area contributed by atoms with Crippen molar-refractivity contribution in [3.05, 3.63) is 94.8 Å². The van der Waals surface area contributed by atoms with Gasteiger partial charge in [-0.2, -0.15) is 0 Å². The highest BCUT2D eigenvalue weighted by Gasteiger charge is 2.21. The molecule has 2 amide bonds. The molecule has 0 unspecified atom stereocenters. The average Bonchev–Trinajstić information content (AvgIpc) is 2.74. The maximum Gasteiger partial charge on any atom is 0.271 e. The molecule has 160 valence electrons. The molecule has 31 heavy (non-hydrogen) atoms. The summed E-state index contributed by atoms with van der Waals surface area (Å²) in [6, 6.07) is 15.8. The number of carbonyl (C=O) groups is 2. The molecule has 0 saturated heterocycles. The number of halogens is 1. The molecule has 7 nitrogen and oxygen atoms in total. The van der Waals surface area contributed by atoms with Crippen LogP contribution in [0.15, 0.2) is 71.6 Å². The van der Waals surface area contributed by atoms with Crippen LogP contribution in [0.3, 0.4) is 0 Å². The number of hydrazine groups is 1. The smallest absolute Gasteiger partial charge is 0.271 e. The Hall–Kier alpha value is -3.72. The Labute approximate surface area is 179 Å². The van der Waals surface area contributed by atoms with Gasteiger partial charge in [-0.05, 0) is 67.4 Å². The molecule has 0 bridgehead atoms. The van der Waals surface area contributed by atoms with Crippen molar-refractivity contribution in [3.63, 3.8) is 0 Å². The first-order valence-electron chi connectivity index (χ1n) is 9.23. The van der Waals surface area contributed by atoms with Gasteiger partial charge in [-0.15, -0.1) is 0 Å². The van der Waals surface area contributed by atoms with Crippen molar-refractivity contribution in [3.8, 4) is 0 Å². The van der Waals surface area contributed by atoms with Crippen molar-refractivity contribution in [1.82, 2.24) is 10.9 Å².